The molecule has 0 saturated carbocycles. The van der Waals surface area contributed by atoms with Crippen molar-refractivity contribution in [3.05, 3.63) is 23.8 Å². The minimum Gasteiger partial charge on any atom is -0.495 e. The number of carbonyl (C=O) groups is 2. The van der Waals surface area contributed by atoms with Crippen molar-refractivity contribution in [2.45, 2.75) is 38.6 Å². The zero-order valence-corrected chi connectivity index (χ0v) is 17.4. The molecule has 0 saturated heterocycles. The molecule has 1 aromatic carbocycles. The molecule has 1 rings (SSSR count). The maximum Gasteiger partial charge on any atom is 0.328 e. The summed E-state index contributed by atoms with van der Waals surface area (Å²) in [6.45, 7) is 7.58. The van der Waals surface area contributed by atoms with Crippen molar-refractivity contribution < 1.29 is 27.5 Å². The number of hydrogen-bond donors (Lipinski definition) is 1. The van der Waals surface area contributed by atoms with Crippen LogP contribution in [0.2, 0.25) is 0 Å². The Kier molecular flexibility index (Phi) is 8.23. The summed E-state index contributed by atoms with van der Waals surface area (Å²) < 4.78 is 36.9. The van der Waals surface area contributed by atoms with Crippen LogP contribution in [0.5, 0.6) is 5.75 Å². The van der Waals surface area contributed by atoms with Crippen LogP contribution in [0.3, 0.4) is 0 Å². The van der Waals surface area contributed by atoms with Crippen molar-refractivity contribution in [1.29, 1.82) is 0 Å². The molecule has 0 radical (unpaired) electrons. The largest absolute Gasteiger partial charge is 0.495 e. The Morgan fingerprint density at radius 3 is 2.19 bits per heavy atom. The average molecular weight is 400 g/mol. The molecule has 1 unspecified atom stereocenters. The fourth-order valence-electron chi connectivity index (χ4n) is 2.57. The van der Waals surface area contributed by atoms with Crippen molar-refractivity contribution in [2.24, 2.45) is 5.92 Å². The number of nitrogens with zero attached hydrogens (tertiary/aromatic N) is 1. The van der Waals surface area contributed by atoms with Crippen LogP contribution in [0, 0.1) is 5.92 Å². The Morgan fingerprint density at radius 1 is 1.15 bits per heavy atom. The average Bonchev–Trinajstić information content (AvgIpc) is 2.65. The molecule has 0 aliphatic rings. The van der Waals surface area contributed by atoms with E-state index in [9.17, 15) is 18.0 Å². The van der Waals surface area contributed by atoms with Gasteiger partial charge in [0.05, 0.1) is 14.2 Å². The monoisotopic (exact) mass is 400 g/mol. The maximum atomic E-state index is 12.9. The van der Waals surface area contributed by atoms with Crippen molar-refractivity contribution in [1.82, 2.24) is 9.62 Å². The summed E-state index contributed by atoms with van der Waals surface area (Å²) >= 11 is 0. The van der Waals surface area contributed by atoms with E-state index in [1.807, 2.05) is 0 Å². The van der Waals surface area contributed by atoms with Gasteiger partial charge in [0.2, 0.25) is 10.0 Å². The molecule has 0 aliphatic carbocycles. The van der Waals surface area contributed by atoms with Gasteiger partial charge in [-0.2, -0.15) is 4.31 Å². The van der Waals surface area contributed by atoms with Gasteiger partial charge in [0.25, 0.3) is 5.91 Å². The number of esters is 1. The van der Waals surface area contributed by atoms with Crippen LogP contribution in [0.4, 0.5) is 0 Å². The summed E-state index contributed by atoms with van der Waals surface area (Å²) in [4.78, 5) is 24.4. The Labute approximate surface area is 160 Å². The number of methoxy groups -OCH3 is 2. The second-order valence-electron chi connectivity index (χ2n) is 6.17. The van der Waals surface area contributed by atoms with Crippen LogP contribution in [0.25, 0.3) is 0 Å². The highest BCUT2D eigenvalue weighted by atomic mass is 32.2. The minimum atomic E-state index is -3.83. The van der Waals surface area contributed by atoms with E-state index in [0.29, 0.717) is 0 Å². The molecule has 0 fully saturated rings. The Balaban J connectivity index is 3.32. The second-order valence-corrected chi connectivity index (χ2v) is 8.08. The third-order valence-corrected chi connectivity index (χ3v) is 6.23. The first-order valence-corrected chi connectivity index (χ1v) is 10.1. The SMILES string of the molecule is CCN(CC)S(=O)(=O)c1cc(C(=O)NC(C(=O)OC)C(C)C)ccc1OC. The highest BCUT2D eigenvalue weighted by Crippen LogP contribution is 2.28. The van der Waals surface area contributed by atoms with E-state index >= 15 is 0 Å². The van der Waals surface area contributed by atoms with E-state index in [1.54, 1.807) is 27.7 Å². The Bertz CT molecular complexity index is 772. The van der Waals surface area contributed by atoms with Crippen LogP contribution in [-0.4, -0.2) is 58.0 Å². The molecule has 1 N–H and O–H groups in total. The highest BCUT2D eigenvalue weighted by Gasteiger charge is 2.29. The van der Waals surface area contributed by atoms with E-state index in [0.717, 1.165) is 0 Å². The lowest BCUT2D eigenvalue weighted by Gasteiger charge is -2.22. The summed E-state index contributed by atoms with van der Waals surface area (Å²) in [5.41, 5.74) is 0.107. The Hall–Kier alpha value is -2.13. The fourth-order valence-corrected chi connectivity index (χ4v) is 4.21. The molecule has 1 atom stereocenters. The maximum absolute atomic E-state index is 12.9. The molecule has 1 aromatic rings. The minimum absolute atomic E-state index is 0.0967. The molecule has 0 aromatic heterocycles. The smallest absolute Gasteiger partial charge is 0.328 e. The third-order valence-electron chi connectivity index (χ3n) is 4.16. The number of sulfonamides is 1. The molecule has 0 spiro atoms. The fraction of sp³-hybridized carbons (Fsp3) is 0.556. The number of nitrogens with one attached hydrogen (secondary N) is 1. The van der Waals surface area contributed by atoms with Gasteiger partial charge in [-0.1, -0.05) is 27.7 Å². The summed E-state index contributed by atoms with van der Waals surface area (Å²) in [7, 11) is -1.22. The molecule has 9 heteroatoms. The lowest BCUT2D eigenvalue weighted by Crippen LogP contribution is -2.45. The number of ether oxygens (including phenoxy) is 2. The molecular formula is C18H28N2O6S. The van der Waals surface area contributed by atoms with Gasteiger partial charge in [-0.05, 0) is 24.1 Å². The highest BCUT2D eigenvalue weighted by molar-refractivity contribution is 7.89. The molecule has 27 heavy (non-hydrogen) atoms. The number of benzene rings is 1. The summed E-state index contributed by atoms with van der Waals surface area (Å²) in [6, 6.07) is 3.29. The first-order chi connectivity index (χ1) is 12.6. The zero-order valence-electron chi connectivity index (χ0n) is 16.6. The number of hydrogen-bond acceptors (Lipinski definition) is 6. The van der Waals surface area contributed by atoms with Crippen LogP contribution >= 0.6 is 0 Å². The van der Waals surface area contributed by atoms with E-state index in [2.05, 4.69) is 5.32 Å². The molecule has 1 amide bonds. The molecule has 0 aliphatic heterocycles. The van der Waals surface area contributed by atoms with Gasteiger partial charge in [-0.15, -0.1) is 0 Å². The van der Waals surface area contributed by atoms with Gasteiger partial charge in [-0.25, -0.2) is 13.2 Å². The standard InChI is InChI=1S/C18H28N2O6S/c1-7-20(8-2)27(23,24)15-11-13(9-10-14(15)25-5)17(21)19-16(12(3)4)18(22)26-6/h9-12,16H,7-8H2,1-6H3,(H,19,21). The van der Waals surface area contributed by atoms with E-state index in [1.165, 1.54) is 36.7 Å². The van der Waals surface area contributed by atoms with Crippen molar-refractivity contribution in [3.63, 3.8) is 0 Å². The van der Waals surface area contributed by atoms with Crippen LogP contribution in [-0.2, 0) is 19.6 Å². The first kappa shape index (κ1) is 22.9. The predicted molar refractivity (Wildman–Crippen MR) is 101 cm³/mol. The summed E-state index contributed by atoms with van der Waals surface area (Å²) in [5.74, 6) is -1.19. The van der Waals surface area contributed by atoms with Crippen molar-refractivity contribution in [2.75, 3.05) is 27.3 Å². The van der Waals surface area contributed by atoms with E-state index in [4.69, 9.17) is 9.47 Å². The summed E-state index contributed by atoms with van der Waals surface area (Å²) in [5, 5.41) is 2.59. The topological polar surface area (TPSA) is 102 Å². The first-order valence-electron chi connectivity index (χ1n) is 8.70. The quantitative estimate of drug-likeness (QED) is 0.633. The van der Waals surface area contributed by atoms with Crippen molar-refractivity contribution >= 4 is 21.9 Å². The zero-order chi connectivity index (χ0) is 20.8. The van der Waals surface area contributed by atoms with Crippen LogP contribution in [0.15, 0.2) is 23.1 Å². The lowest BCUT2D eigenvalue weighted by molar-refractivity contribution is -0.144. The normalized spacial score (nSPS) is 12.7. The van der Waals surface area contributed by atoms with Gasteiger partial charge < -0.3 is 14.8 Å². The molecule has 8 nitrogen and oxygen atoms in total. The number of amides is 1. The molecule has 0 bridgehead atoms. The lowest BCUT2D eigenvalue weighted by atomic mass is 10.0. The second kappa shape index (κ2) is 9.70. The van der Waals surface area contributed by atoms with E-state index < -0.39 is 27.9 Å². The number of carbonyl (C=O) groups excluding carboxylic acids is 2. The van der Waals surface area contributed by atoms with Crippen LogP contribution in [0.1, 0.15) is 38.1 Å². The Morgan fingerprint density at radius 2 is 1.74 bits per heavy atom. The van der Waals surface area contributed by atoms with Gasteiger partial charge in [0, 0.05) is 18.7 Å². The van der Waals surface area contributed by atoms with Crippen LogP contribution < -0.4 is 10.1 Å². The third kappa shape index (κ3) is 5.20. The van der Waals surface area contributed by atoms with Crippen molar-refractivity contribution in [3.8, 4) is 5.75 Å². The van der Waals surface area contributed by atoms with Gasteiger partial charge in [-0.3, -0.25) is 4.79 Å². The van der Waals surface area contributed by atoms with E-state index in [-0.39, 0.29) is 35.2 Å². The number of rotatable bonds is 9. The van der Waals surface area contributed by atoms with Gasteiger partial charge >= 0.3 is 5.97 Å². The van der Waals surface area contributed by atoms with Gasteiger partial charge in [0.1, 0.15) is 16.7 Å². The van der Waals surface area contributed by atoms with Gasteiger partial charge in [0.15, 0.2) is 0 Å². The predicted octanol–water partition coefficient (Wildman–Crippen LogP) is 1.65. The molecule has 152 valence electrons. The molecule has 0 heterocycles. The summed E-state index contributed by atoms with van der Waals surface area (Å²) in [6.07, 6.45) is 0. The molecular weight excluding hydrogens is 372 g/mol.